The maximum Gasteiger partial charge on any atom is 0.166 e. The van der Waals surface area contributed by atoms with E-state index >= 15 is 0 Å². The van der Waals surface area contributed by atoms with Crippen LogP contribution in [0, 0.1) is 0 Å². The second-order valence-corrected chi connectivity index (χ2v) is 8.03. The van der Waals surface area contributed by atoms with Crippen LogP contribution in [0.5, 0.6) is 11.5 Å². The van der Waals surface area contributed by atoms with Crippen molar-refractivity contribution in [2.45, 2.75) is 32.6 Å². The number of ether oxygens (including phenoxy) is 1. The largest absolute Gasteiger partial charge is 0.507 e. The molecule has 0 aliphatic carbocycles. The molecule has 4 aromatic rings. The Balaban J connectivity index is 1.52. The van der Waals surface area contributed by atoms with Crippen molar-refractivity contribution in [3.63, 3.8) is 0 Å². The van der Waals surface area contributed by atoms with Gasteiger partial charge >= 0.3 is 0 Å². The van der Waals surface area contributed by atoms with Crippen molar-refractivity contribution in [1.29, 1.82) is 0 Å². The van der Waals surface area contributed by atoms with Crippen molar-refractivity contribution in [2.24, 2.45) is 0 Å². The standard InChI is InChI=1S/C27H28N2O4/c1-2-19-15-21(33-13-12-30)10-8-20(19)9-11-26(31)23-16-22-24(14-18-6-4-3-5-7-18)28-29-25(22)17-27(23)32/h3-8,10,15-17,30,32H,2,9,11-14H2,1H3,(H,28,29). The molecule has 33 heavy (non-hydrogen) atoms. The number of nitrogens with one attached hydrogen (secondary N) is 1. The van der Waals surface area contributed by atoms with Crippen molar-refractivity contribution in [3.8, 4) is 11.5 Å². The highest BCUT2D eigenvalue weighted by Crippen LogP contribution is 2.29. The zero-order chi connectivity index (χ0) is 23.2. The topological polar surface area (TPSA) is 95.4 Å². The van der Waals surface area contributed by atoms with E-state index in [2.05, 4.69) is 17.1 Å². The van der Waals surface area contributed by atoms with Crippen LogP contribution in [0.2, 0.25) is 0 Å². The van der Waals surface area contributed by atoms with Gasteiger partial charge in [0.1, 0.15) is 18.1 Å². The Bertz CT molecular complexity index is 1250. The number of benzene rings is 3. The first kappa shape index (κ1) is 22.6. The summed E-state index contributed by atoms with van der Waals surface area (Å²) in [5, 5.41) is 27.6. The third-order valence-corrected chi connectivity index (χ3v) is 5.81. The molecule has 1 heterocycles. The first-order valence-electron chi connectivity index (χ1n) is 11.2. The van der Waals surface area contributed by atoms with Crippen molar-refractivity contribution >= 4 is 16.7 Å². The molecule has 4 rings (SSSR count). The predicted octanol–water partition coefficient (Wildman–Crippen LogP) is 4.61. The predicted molar refractivity (Wildman–Crippen MR) is 128 cm³/mol. The third kappa shape index (κ3) is 5.23. The van der Waals surface area contributed by atoms with Gasteiger partial charge in [-0.25, -0.2) is 0 Å². The van der Waals surface area contributed by atoms with Crippen LogP contribution >= 0.6 is 0 Å². The third-order valence-electron chi connectivity index (χ3n) is 5.81. The lowest BCUT2D eigenvalue weighted by Gasteiger charge is -2.11. The summed E-state index contributed by atoms with van der Waals surface area (Å²) in [6, 6.07) is 19.1. The summed E-state index contributed by atoms with van der Waals surface area (Å²) >= 11 is 0. The molecule has 0 amide bonds. The number of phenolic OH excluding ortho intramolecular Hbond substituents is 1. The zero-order valence-electron chi connectivity index (χ0n) is 18.7. The molecule has 3 N–H and O–H groups in total. The Kier molecular flexibility index (Phi) is 7.05. The number of rotatable bonds is 10. The van der Waals surface area contributed by atoms with Crippen LogP contribution in [0.15, 0.2) is 60.7 Å². The molecule has 0 spiro atoms. The van der Waals surface area contributed by atoms with Crippen LogP contribution in [-0.2, 0) is 19.3 Å². The van der Waals surface area contributed by atoms with Gasteiger partial charge in [-0.2, -0.15) is 5.10 Å². The van der Waals surface area contributed by atoms with E-state index in [1.54, 1.807) is 12.1 Å². The van der Waals surface area contributed by atoms with Crippen LogP contribution in [0.1, 0.15) is 46.1 Å². The van der Waals surface area contributed by atoms with Crippen LogP contribution in [0.4, 0.5) is 0 Å². The first-order valence-corrected chi connectivity index (χ1v) is 11.2. The van der Waals surface area contributed by atoms with Gasteiger partial charge in [0.25, 0.3) is 0 Å². The second kappa shape index (κ2) is 10.3. The number of carbonyl (C=O) groups excluding carboxylic acids is 1. The SMILES string of the molecule is CCc1cc(OCCO)ccc1CCC(=O)c1cc2c(Cc3ccccc3)[nH]nc2cc1O. The van der Waals surface area contributed by atoms with Crippen molar-refractivity contribution < 1.29 is 19.7 Å². The number of aliphatic hydroxyl groups is 1. The molecule has 6 heteroatoms. The molecule has 0 unspecified atom stereocenters. The average Bonchev–Trinajstić information content (AvgIpc) is 3.22. The summed E-state index contributed by atoms with van der Waals surface area (Å²) in [5.74, 6) is 0.558. The fraction of sp³-hybridized carbons (Fsp3) is 0.259. The molecule has 0 saturated heterocycles. The van der Waals surface area contributed by atoms with Crippen molar-refractivity contribution in [1.82, 2.24) is 10.2 Å². The fourth-order valence-electron chi connectivity index (χ4n) is 4.07. The lowest BCUT2D eigenvalue weighted by molar-refractivity contribution is 0.0980. The highest BCUT2D eigenvalue weighted by molar-refractivity contribution is 6.02. The van der Waals surface area contributed by atoms with Crippen LogP contribution in [0.25, 0.3) is 10.9 Å². The Morgan fingerprint density at radius 1 is 1.06 bits per heavy atom. The molecule has 0 bridgehead atoms. The van der Waals surface area contributed by atoms with Gasteiger partial charge in [-0.3, -0.25) is 9.89 Å². The maximum atomic E-state index is 13.0. The zero-order valence-corrected chi connectivity index (χ0v) is 18.7. The first-order chi connectivity index (χ1) is 16.1. The lowest BCUT2D eigenvalue weighted by Crippen LogP contribution is -2.05. The Hall–Kier alpha value is -3.64. The van der Waals surface area contributed by atoms with Gasteiger partial charge in [-0.15, -0.1) is 0 Å². The number of aromatic hydroxyl groups is 1. The van der Waals surface area contributed by atoms with Gasteiger partial charge < -0.3 is 14.9 Å². The minimum Gasteiger partial charge on any atom is -0.507 e. The molecule has 0 aliphatic rings. The van der Waals surface area contributed by atoms with Crippen molar-refractivity contribution in [2.75, 3.05) is 13.2 Å². The second-order valence-electron chi connectivity index (χ2n) is 8.03. The number of ketones is 1. The number of carbonyl (C=O) groups is 1. The number of phenols is 1. The minimum atomic E-state index is -0.107. The summed E-state index contributed by atoms with van der Waals surface area (Å²) < 4.78 is 5.49. The molecule has 0 radical (unpaired) electrons. The molecule has 0 fully saturated rings. The van der Waals surface area contributed by atoms with E-state index in [1.165, 1.54) is 0 Å². The van der Waals surface area contributed by atoms with Crippen LogP contribution < -0.4 is 4.74 Å². The van der Waals surface area contributed by atoms with E-state index in [0.717, 1.165) is 34.2 Å². The molecule has 3 aromatic carbocycles. The quantitative estimate of drug-likeness (QED) is 0.311. The lowest BCUT2D eigenvalue weighted by atomic mass is 9.96. The summed E-state index contributed by atoms with van der Waals surface area (Å²) in [7, 11) is 0. The van der Waals surface area contributed by atoms with Gasteiger partial charge in [0.05, 0.1) is 17.7 Å². The van der Waals surface area contributed by atoms with Crippen molar-refractivity contribution in [3.05, 3.63) is 88.6 Å². The van der Waals surface area contributed by atoms with Gasteiger partial charge in [-0.05, 0) is 47.7 Å². The number of hydrogen-bond donors (Lipinski definition) is 3. The number of aryl methyl sites for hydroxylation is 2. The maximum absolute atomic E-state index is 13.0. The van der Waals surface area contributed by atoms with E-state index in [-0.39, 0.29) is 31.2 Å². The number of hydrogen-bond acceptors (Lipinski definition) is 5. The Morgan fingerprint density at radius 3 is 2.64 bits per heavy atom. The number of Topliss-reactive ketones (excluding diaryl/α,β-unsaturated/α-hetero) is 1. The van der Waals surface area contributed by atoms with E-state index in [9.17, 15) is 9.90 Å². The number of nitrogens with zero attached hydrogens (tertiary/aromatic N) is 1. The van der Waals surface area contributed by atoms with Gasteiger partial charge in [-0.1, -0.05) is 43.3 Å². The highest BCUT2D eigenvalue weighted by atomic mass is 16.5. The minimum absolute atomic E-state index is 0.0325. The van der Waals surface area contributed by atoms with E-state index in [1.807, 2.05) is 48.5 Å². The Morgan fingerprint density at radius 2 is 1.88 bits per heavy atom. The summed E-state index contributed by atoms with van der Waals surface area (Å²) in [6.45, 7) is 2.28. The number of fused-ring (bicyclic) bond motifs is 1. The molecule has 170 valence electrons. The number of H-pyrrole nitrogens is 1. The molecule has 0 aliphatic heterocycles. The van der Waals surface area contributed by atoms with Gasteiger partial charge in [0.2, 0.25) is 0 Å². The molecule has 6 nitrogen and oxygen atoms in total. The molecule has 0 atom stereocenters. The average molecular weight is 445 g/mol. The van der Waals surface area contributed by atoms with E-state index in [4.69, 9.17) is 9.84 Å². The fourth-order valence-corrected chi connectivity index (χ4v) is 4.07. The summed E-state index contributed by atoms with van der Waals surface area (Å²) in [4.78, 5) is 13.0. The van der Waals surface area contributed by atoms with Crippen LogP contribution in [0.3, 0.4) is 0 Å². The van der Waals surface area contributed by atoms with Crippen LogP contribution in [-0.4, -0.2) is 39.4 Å². The normalized spacial score (nSPS) is 11.1. The summed E-state index contributed by atoms with van der Waals surface area (Å²) in [6.07, 6.45) is 2.34. The molecule has 0 saturated carbocycles. The molecular formula is C27H28N2O4. The highest BCUT2D eigenvalue weighted by Gasteiger charge is 2.17. The van der Waals surface area contributed by atoms with Gasteiger partial charge in [0, 0.05) is 30.0 Å². The summed E-state index contributed by atoms with van der Waals surface area (Å²) in [5.41, 5.74) is 5.20. The smallest absolute Gasteiger partial charge is 0.166 e. The van der Waals surface area contributed by atoms with Gasteiger partial charge in [0.15, 0.2) is 5.78 Å². The Labute approximate surface area is 192 Å². The molecular weight excluding hydrogens is 416 g/mol. The van der Waals surface area contributed by atoms with E-state index < -0.39 is 0 Å². The monoisotopic (exact) mass is 444 g/mol. The number of aliphatic hydroxyl groups excluding tert-OH is 1. The number of aromatic nitrogens is 2. The molecule has 1 aromatic heterocycles. The number of aromatic amines is 1. The van der Waals surface area contributed by atoms with E-state index in [0.29, 0.717) is 29.7 Å².